The van der Waals surface area contributed by atoms with Crippen LogP contribution in [0.3, 0.4) is 0 Å². The smallest absolute Gasteiger partial charge is 0.306 e. The molecular weight excluding hydrogens is 264 g/mol. The molecule has 0 radical (unpaired) electrons. The fraction of sp³-hybridized carbons (Fsp3) is 0.385. The number of nitro groups is 1. The average molecular weight is 278 g/mol. The number of carbonyl (C=O) groups is 2. The third-order valence-corrected chi connectivity index (χ3v) is 3.50. The Morgan fingerprint density at radius 2 is 2.05 bits per heavy atom. The van der Waals surface area contributed by atoms with E-state index in [1.165, 1.54) is 12.1 Å². The highest BCUT2D eigenvalue weighted by Crippen LogP contribution is 2.29. The molecule has 106 valence electrons. The number of benzene rings is 1. The van der Waals surface area contributed by atoms with Gasteiger partial charge in [-0.05, 0) is 25.3 Å². The maximum absolute atomic E-state index is 12.1. The van der Waals surface area contributed by atoms with Crippen LogP contribution in [-0.2, 0) is 4.79 Å². The Balaban J connectivity index is 2.11. The Kier molecular flexibility index (Phi) is 3.69. The van der Waals surface area contributed by atoms with E-state index < -0.39 is 22.7 Å². The molecule has 1 aliphatic carbocycles. The SMILES string of the molecule is Cc1cccc([N+](=O)[O-])c1C(=O)NC1CC(C(=O)O)C1. The minimum Gasteiger partial charge on any atom is -0.481 e. The van der Waals surface area contributed by atoms with Crippen LogP contribution >= 0.6 is 0 Å². The van der Waals surface area contributed by atoms with Crippen molar-refractivity contribution in [3.05, 3.63) is 39.4 Å². The van der Waals surface area contributed by atoms with Crippen LogP contribution in [0.4, 0.5) is 5.69 Å². The van der Waals surface area contributed by atoms with E-state index in [2.05, 4.69) is 5.32 Å². The van der Waals surface area contributed by atoms with Crippen LogP contribution in [-0.4, -0.2) is 27.9 Å². The molecule has 1 saturated carbocycles. The summed E-state index contributed by atoms with van der Waals surface area (Å²) in [6, 6.07) is 4.20. The van der Waals surface area contributed by atoms with Gasteiger partial charge in [-0.3, -0.25) is 19.7 Å². The van der Waals surface area contributed by atoms with Crippen molar-refractivity contribution in [2.45, 2.75) is 25.8 Å². The van der Waals surface area contributed by atoms with E-state index in [0.717, 1.165) is 0 Å². The molecule has 1 fully saturated rings. The zero-order valence-corrected chi connectivity index (χ0v) is 10.8. The summed E-state index contributed by atoms with van der Waals surface area (Å²) in [6.07, 6.45) is 0.724. The van der Waals surface area contributed by atoms with Crippen molar-refractivity contribution in [3.63, 3.8) is 0 Å². The molecule has 0 heterocycles. The molecule has 2 rings (SSSR count). The second kappa shape index (κ2) is 5.28. The van der Waals surface area contributed by atoms with Gasteiger partial charge < -0.3 is 10.4 Å². The number of rotatable bonds is 4. The summed E-state index contributed by atoms with van der Waals surface area (Å²) in [5.74, 6) is -1.84. The first-order valence-corrected chi connectivity index (χ1v) is 6.17. The molecule has 0 spiro atoms. The summed E-state index contributed by atoms with van der Waals surface area (Å²) in [6.45, 7) is 1.63. The van der Waals surface area contributed by atoms with Gasteiger partial charge >= 0.3 is 5.97 Å². The molecule has 0 saturated heterocycles. The van der Waals surface area contributed by atoms with Gasteiger partial charge in [0.05, 0.1) is 10.8 Å². The number of hydrogen-bond donors (Lipinski definition) is 2. The minimum atomic E-state index is -0.877. The first kappa shape index (κ1) is 14.0. The highest BCUT2D eigenvalue weighted by atomic mass is 16.6. The van der Waals surface area contributed by atoms with E-state index >= 15 is 0 Å². The first-order chi connectivity index (χ1) is 9.40. The molecule has 20 heavy (non-hydrogen) atoms. The van der Waals surface area contributed by atoms with E-state index in [0.29, 0.717) is 18.4 Å². The van der Waals surface area contributed by atoms with Crippen LogP contribution in [0.5, 0.6) is 0 Å². The van der Waals surface area contributed by atoms with E-state index in [-0.39, 0.29) is 17.3 Å². The predicted octanol–water partition coefficient (Wildman–Crippen LogP) is 1.50. The molecule has 0 bridgehead atoms. The lowest BCUT2D eigenvalue weighted by Gasteiger charge is -2.32. The van der Waals surface area contributed by atoms with Crippen molar-refractivity contribution >= 4 is 17.6 Å². The minimum absolute atomic E-state index is 0.0382. The largest absolute Gasteiger partial charge is 0.481 e. The van der Waals surface area contributed by atoms with Crippen molar-refractivity contribution in [1.29, 1.82) is 0 Å². The lowest BCUT2D eigenvalue weighted by atomic mass is 9.80. The highest BCUT2D eigenvalue weighted by molar-refractivity contribution is 5.99. The first-order valence-electron chi connectivity index (χ1n) is 6.17. The Hall–Kier alpha value is -2.44. The van der Waals surface area contributed by atoms with Crippen LogP contribution in [0.15, 0.2) is 18.2 Å². The zero-order valence-electron chi connectivity index (χ0n) is 10.8. The van der Waals surface area contributed by atoms with Crippen LogP contribution in [0.25, 0.3) is 0 Å². The normalized spacial score (nSPS) is 20.9. The number of carboxylic acid groups (broad SMARTS) is 1. The van der Waals surface area contributed by atoms with Crippen molar-refractivity contribution in [1.82, 2.24) is 5.32 Å². The lowest BCUT2D eigenvalue weighted by Crippen LogP contribution is -2.46. The third kappa shape index (κ3) is 2.61. The quantitative estimate of drug-likeness (QED) is 0.640. The number of carboxylic acids is 1. The lowest BCUT2D eigenvalue weighted by molar-refractivity contribution is -0.385. The van der Waals surface area contributed by atoms with Crippen LogP contribution in [0.1, 0.15) is 28.8 Å². The maximum Gasteiger partial charge on any atom is 0.306 e. The second-order valence-electron chi connectivity index (χ2n) is 4.90. The number of hydrogen-bond acceptors (Lipinski definition) is 4. The highest BCUT2D eigenvalue weighted by Gasteiger charge is 2.36. The predicted molar refractivity (Wildman–Crippen MR) is 69.4 cm³/mol. The summed E-state index contributed by atoms with van der Waals surface area (Å²) >= 11 is 0. The Bertz CT molecular complexity index is 578. The molecule has 0 aromatic heterocycles. The number of amides is 1. The molecule has 1 aromatic rings. The molecule has 0 unspecified atom stereocenters. The molecular formula is C13H14N2O5. The molecule has 1 aromatic carbocycles. The maximum atomic E-state index is 12.1. The van der Waals surface area contributed by atoms with Crippen molar-refractivity contribution in [3.8, 4) is 0 Å². The zero-order chi connectivity index (χ0) is 14.9. The van der Waals surface area contributed by atoms with Gasteiger partial charge in [0.2, 0.25) is 0 Å². The summed E-state index contributed by atoms with van der Waals surface area (Å²) < 4.78 is 0. The van der Waals surface area contributed by atoms with Crippen LogP contribution in [0.2, 0.25) is 0 Å². The summed E-state index contributed by atoms with van der Waals surface area (Å²) in [7, 11) is 0. The molecule has 2 N–H and O–H groups in total. The Morgan fingerprint density at radius 3 is 2.60 bits per heavy atom. The van der Waals surface area contributed by atoms with E-state index in [9.17, 15) is 19.7 Å². The molecule has 1 aliphatic rings. The van der Waals surface area contributed by atoms with E-state index in [1.54, 1.807) is 13.0 Å². The summed E-state index contributed by atoms with van der Waals surface area (Å²) in [5.41, 5.74) is 0.318. The standard InChI is InChI=1S/C13H14N2O5/c1-7-3-2-4-10(15(19)20)11(7)12(16)14-9-5-8(6-9)13(17)18/h2-4,8-9H,5-6H2,1H3,(H,14,16)(H,17,18). The molecule has 0 atom stereocenters. The molecule has 1 amide bonds. The fourth-order valence-corrected chi connectivity index (χ4v) is 2.29. The van der Waals surface area contributed by atoms with Gasteiger partial charge in [0.1, 0.15) is 5.56 Å². The van der Waals surface area contributed by atoms with Crippen molar-refractivity contribution in [2.75, 3.05) is 0 Å². The third-order valence-electron chi connectivity index (χ3n) is 3.50. The van der Waals surface area contributed by atoms with Gasteiger partial charge in [0.15, 0.2) is 0 Å². The van der Waals surface area contributed by atoms with E-state index in [1.807, 2.05) is 0 Å². The van der Waals surface area contributed by atoms with Gasteiger partial charge in [0.25, 0.3) is 11.6 Å². The fourth-order valence-electron chi connectivity index (χ4n) is 2.29. The van der Waals surface area contributed by atoms with Crippen LogP contribution in [0, 0.1) is 23.0 Å². The Labute approximate surface area is 114 Å². The van der Waals surface area contributed by atoms with Crippen molar-refractivity contribution < 1.29 is 19.6 Å². The van der Waals surface area contributed by atoms with Gasteiger partial charge in [-0.1, -0.05) is 12.1 Å². The summed E-state index contributed by atoms with van der Waals surface area (Å²) in [5, 5.41) is 22.3. The monoisotopic (exact) mass is 278 g/mol. The number of nitrogens with zero attached hydrogens (tertiary/aromatic N) is 1. The number of carbonyl (C=O) groups excluding carboxylic acids is 1. The number of nitrogens with one attached hydrogen (secondary N) is 1. The molecule has 7 nitrogen and oxygen atoms in total. The average Bonchev–Trinajstić information content (AvgIpc) is 2.31. The molecule has 0 aliphatic heterocycles. The Morgan fingerprint density at radius 1 is 1.40 bits per heavy atom. The van der Waals surface area contributed by atoms with Crippen LogP contribution < -0.4 is 5.32 Å². The van der Waals surface area contributed by atoms with E-state index in [4.69, 9.17) is 5.11 Å². The number of nitro benzene ring substituents is 1. The van der Waals surface area contributed by atoms with Gasteiger partial charge in [-0.2, -0.15) is 0 Å². The summed E-state index contributed by atoms with van der Waals surface area (Å²) in [4.78, 5) is 33.1. The second-order valence-corrected chi connectivity index (χ2v) is 4.90. The van der Waals surface area contributed by atoms with Gasteiger partial charge in [-0.15, -0.1) is 0 Å². The number of aliphatic carboxylic acids is 1. The van der Waals surface area contributed by atoms with Gasteiger partial charge in [-0.25, -0.2) is 0 Å². The van der Waals surface area contributed by atoms with Crippen molar-refractivity contribution in [2.24, 2.45) is 5.92 Å². The topological polar surface area (TPSA) is 110 Å². The molecule has 7 heteroatoms. The van der Waals surface area contributed by atoms with Gasteiger partial charge in [0, 0.05) is 12.1 Å². The number of aryl methyl sites for hydroxylation is 1.